The highest BCUT2D eigenvalue weighted by molar-refractivity contribution is 6.20. The van der Waals surface area contributed by atoms with Crippen molar-refractivity contribution in [3.8, 4) is 0 Å². The second kappa shape index (κ2) is 4.45. The molecular weight excluding hydrogens is 210 g/mol. The summed E-state index contributed by atoms with van der Waals surface area (Å²) in [6.45, 7) is 2.62. The van der Waals surface area contributed by atoms with Crippen LogP contribution in [-0.2, 0) is 6.54 Å². The highest BCUT2D eigenvalue weighted by Crippen LogP contribution is 2.15. The first kappa shape index (κ1) is 10.2. The number of nitrogens with zero attached hydrogens (tertiary/aromatic N) is 3. The van der Waals surface area contributed by atoms with Crippen LogP contribution < -0.4 is 0 Å². The molecule has 15 heavy (non-hydrogen) atoms. The summed E-state index contributed by atoms with van der Waals surface area (Å²) in [5.74, 6) is 0. The average molecular weight is 222 g/mol. The van der Waals surface area contributed by atoms with Crippen molar-refractivity contribution in [2.45, 2.75) is 18.8 Å². The second-order valence-corrected chi connectivity index (χ2v) is 4.10. The Labute approximate surface area is 93.7 Å². The van der Waals surface area contributed by atoms with Gasteiger partial charge in [-0.2, -0.15) is 0 Å². The van der Waals surface area contributed by atoms with Crippen molar-refractivity contribution in [3.05, 3.63) is 47.8 Å². The molecule has 1 aromatic heterocycles. The topological polar surface area (TPSA) is 30.7 Å². The van der Waals surface area contributed by atoms with Gasteiger partial charge < -0.3 is 0 Å². The molecule has 0 spiro atoms. The van der Waals surface area contributed by atoms with E-state index in [0.29, 0.717) is 0 Å². The van der Waals surface area contributed by atoms with E-state index in [1.54, 1.807) is 4.68 Å². The highest BCUT2D eigenvalue weighted by Gasteiger charge is 2.06. The molecule has 0 saturated carbocycles. The fraction of sp³-hybridized carbons (Fsp3) is 0.273. The molecule has 1 heterocycles. The molecule has 2 rings (SSSR count). The first-order valence-corrected chi connectivity index (χ1v) is 5.27. The number of hydrogen-bond acceptors (Lipinski definition) is 2. The van der Waals surface area contributed by atoms with Gasteiger partial charge in [-0.05, 0) is 12.5 Å². The molecule has 1 unspecified atom stereocenters. The maximum Gasteiger partial charge on any atom is 0.100 e. The normalized spacial score (nSPS) is 12.7. The molecule has 1 atom stereocenters. The van der Waals surface area contributed by atoms with Crippen molar-refractivity contribution in [2.24, 2.45) is 0 Å². The lowest BCUT2D eigenvalue weighted by Crippen LogP contribution is -1.99. The van der Waals surface area contributed by atoms with E-state index >= 15 is 0 Å². The number of benzene rings is 1. The van der Waals surface area contributed by atoms with Crippen LogP contribution in [0.4, 0.5) is 0 Å². The molecule has 3 nitrogen and oxygen atoms in total. The number of rotatable bonds is 3. The molecule has 4 heteroatoms. The Kier molecular flexibility index (Phi) is 3.02. The average Bonchev–Trinajstić information content (AvgIpc) is 2.68. The summed E-state index contributed by atoms with van der Waals surface area (Å²) in [5.41, 5.74) is 2.02. The van der Waals surface area contributed by atoms with Crippen molar-refractivity contribution in [2.75, 3.05) is 0 Å². The number of hydrogen-bond donors (Lipinski definition) is 0. The summed E-state index contributed by atoms with van der Waals surface area (Å²) in [7, 11) is 0. The Hall–Kier alpha value is -1.35. The smallest absolute Gasteiger partial charge is 0.100 e. The van der Waals surface area contributed by atoms with Crippen LogP contribution in [0, 0.1) is 0 Å². The summed E-state index contributed by atoms with van der Waals surface area (Å²) >= 11 is 5.90. The first-order valence-electron chi connectivity index (χ1n) is 4.84. The Morgan fingerprint density at radius 1 is 1.33 bits per heavy atom. The maximum absolute atomic E-state index is 5.90. The minimum atomic E-state index is -0.0884. The molecule has 2 aromatic rings. The van der Waals surface area contributed by atoms with Gasteiger partial charge in [0.2, 0.25) is 0 Å². The lowest BCUT2D eigenvalue weighted by molar-refractivity contribution is 0.649. The number of halogens is 1. The van der Waals surface area contributed by atoms with Crippen LogP contribution in [0.5, 0.6) is 0 Å². The highest BCUT2D eigenvalue weighted by atomic mass is 35.5. The molecule has 0 radical (unpaired) electrons. The molecule has 1 aromatic carbocycles. The summed E-state index contributed by atoms with van der Waals surface area (Å²) in [4.78, 5) is 0. The van der Waals surface area contributed by atoms with Crippen LogP contribution in [0.25, 0.3) is 0 Å². The minimum Gasteiger partial charge on any atom is -0.248 e. The van der Waals surface area contributed by atoms with E-state index in [9.17, 15) is 0 Å². The minimum absolute atomic E-state index is 0.0884. The predicted octanol–water partition coefficient (Wildman–Crippen LogP) is 2.63. The largest absolute Gasteiger partial charge is 0.248 e. The van der Waals surface area contributed by atoms with E-state index in [2.05, 4.69) is 22.4 Å². The summed E-state index contributed by atoms with van der Waals surface area (Å²) in [5, 5.41) is 7.92. The standard InChI is InChI=1S/C11H12ClN3/c1-9(12)11-8-15(14-13-11)7-10-5-3-2-4-6-10/h2-6,8-9H,7H2,1H3. The van der Waals surface area contributed by atoms with Crippen molar-refractivity contribution < 1.29 is 0 Å². The van der Waals surface area contributed by atoms with E-state index in [1.807, 2.05) is 31.3 Å². The molecule has 0 N–H and O–H groups in total. The van der Waals surface area contributed by atoms with E-state index in [1.165, 1.54) is 5.56 Å². The van der Waals surface area contributed by atoms with Gasteiger partial charge in [0.15, 0.2) is 0 Å². The fourth-order valence-corrected chi connectivity index (χ4v) is 1.44. The Balaban J connectivity index is 2.12. The van der Waals surface area contributed by atoms with E-state index in [-0.39, 0.29) is 5.38 Å². The van der Waals surface area contributed by atoms with E-state index in [0.717, 1.165) is 12.2 Å². The number of aromatic nitrogens is 3. The SMILES string of the molecule is CC(Cl)c1cn(Cc2ccccc2)nn1. The zero-order valence-corrected chi connectivity index (χ0v) is 9.22. The first-order chi connectivity index (χ1) is 7.25. The van der Waals surface area contributed by atoms with Crippen molar-refractivity contribution in [1.82, 2.24) is 15.0 Å². The molecule has 0 aliphatic carbocycles. The molecule has 0 fully saturated rings. The van der Waals surface area contributed by atoms with Gasteiger partial charge in [0.25, 0.3) is 0 Å². The molecule has 78 valence electrons. The van der Waals surface area contributed by atoms with Gasteiger partial charge in [-0.3, -0.25) is 0 Å². The third kappa shape index (κ3) is 2.57. The van der Waals surface area contributed by atoms with Crippen LogP contribution in [0.2, 0.25) is 0 Å². The molecule has 0 bridgehead atoms. The summed E-state index contributed by atoms with van der Waals surface area (Å²) in [6.07, 6.45) is 1.88. The van der Waals surface area contributed by atoms with Gasteiger partial charge in [0.05, 0.1) is 18.1 Å². The molecule has 0 amide bonds. The van der Waals surface area contributed by atoms with Crippen LogP contribution in [0.1, 0.15) is 23.6 Å². The Bertz CT molecular complexity index is 422. The predicted molar refractivity (Wildman–Crippen MR) is 59.8 cm³/mol. The molecular formula is C11H12ClN3. The summed E-state index contributed by atoms with van der Waals surface area (Å²) < 4.78 is 1.80. The van der Waals surface area contributed by atoms with Crippen LogP contribution in [-0.4, -0.2) is 15.0 Å². The Morgan fingerprint density at radius 2 is 2.07 bits per heavy atom. The Morgan fingerprint density at radius 3 is 2.67 bits per heavy atom. The van der Waals surface area contributed by atoms with E-state index in [4.69, 9.17) is 11.6 Å². The lowest BCUT2D eigenvalue weighted by Gasteiger charge is -1.99. The van der Waals surface area contributed by atoms with Gasteiger partial charge >= 0.3 is 0 Å². The van der Waals surface area contributed by atoms with Crippen molar-refractivity contribution >= 4 is 11.6 Å². The third-order valence-corrected chi connectivity index (χ3v) is 2.37. The zero-order chi connectivity index (χ0) is 10.7. The monoisotopic (exact) mass is 221 g/mol. The molecule has 0 aliphatic heterocycles. The maximum atomic E-state index is 5.90. The van der Waals surface area contributed by atoms with Gasteiger partial charge in [0.1, 0.15) is 5.69 Å². The van der Waals surface area contributed by atoms with Gasteiger partial charge in [-0.1, -0.05) is 35.5 Å². The van der Waals surface area contributed by atoms with E-state index < -0.39 is 0 Å². The second-order valence-electron chi connectivity index (χ2n) is 3.44. The third-order valence-electron chi connectivity index (χ3n) is 2.15. The molecule has 0 saturated heterocycles. The van der Waals surface area contributed by atoms with Gasteiger partial charge in [0, 0.05) is 0 Å². The van der Waals surface area contributed by atoms with Gasteiger partial charge in [-0.15, -0.1) is 16.7 Å². The lowest BCUT2D eigenvalue weighted by atomic mass is 10.2. The fourth-order valence-electron chi connectivity index (χ4n) is 1.34. The zero-order valence-electron chi connectivity index (χ0n) is 8.47. The van der Waals surface area contributed by atoms with Crippen LogP contribution >= 0.6 is 11.6 Å². The summed E-state index contributed by atoms with van der Waals surface area (Å²) in [6, 6.07) is 10.1. The van der Waals surface area contributed by atoms with Crippen LogP contribution in [0.3, 0.4) is 0 Å². The van der Waals surface area contributed by atoms with Crippen molar-refractivity contribution in [3.63, 3.8) is 0 Å². The van der Waals surface area contributed by atoms with Crippen molar-refractivity contribution in [1.29, 1.82) is 0 Å². The quantitative estimate of drug-likeness (QED) is 0.746. The van der Waals surface area contributed by atoms with Crippen LogP contribution in [0.15, 0.2) is 36.5 Å². The molecule has 0 aliphatic rings. The van der Waals surface area contributed by atoms with Gasteiger partial charge in [-0.25, -0.2) is 4.68 Å². The number of alkyl halides is 1.